The lowest BCUT2D eigenvalue weighted by molar-refractivity contribution is -0.117. The molecule has 0 aromatic heterocycles. The summed E-state index contributed by atoms with van der Waals surface area (Å²) in [6, 6.07) is 4.61. The van der Waals surface area contributed by atoms with E-state index < -0.39 is 12.1 Å². The van der Waals surface area contributed by atoms with E-state index >= 15 is 0 Å². The van der Waals surface area contributed by atoms with Crippen molar-refractivity contribution in [3.63, 3.8) is 0 Å². The molecule has 0 radical (unpaired) electrons. The Balaban J connectivity index is 2.05. The highest BCUT2D eigenvalue weighted by atomic mass is 16.5. The first-order chi connectivity index (χ1) is 9.51. The molecular weight excluding hydrogens is 260 g/mol. The van der Waals surface area contributed by atoms with Gasteiger partial charge >= 0.3 is 5.97 Å². The summed E-state index contributed by atoms with van der Waals surface area (Å²) in [4.78, 5) is 23.4. The summed E-state index contributed by atoms with van der Waals surface area (Å²) in [7, 11) is 1.33. The lowest BCUT2D eigenvalue weighted by Crippen LogP contribution is -2.35. The second-order valence-corrected chi connectivity index (χ2v) is 4.86. The van der Waals surface area contributed by atoms with E-state index in [4.69, 9.17) is 0 Å². The number of β-amino-alcohol motifs (C(OH)–C–C–N with tert-alkyl or cyclic N) is 1. The highest BCUT2D eigenvalue weighted by molar-refractivity contribution is 5.96. The van der Waals surface area contributed by atoms with Gasteiger partial charge in [-0.25, -0.2) is 4.79 Å². The molecule has 108 valence electrons. The minimum Gasteiger partial charge on any atom is -0.465 e. The molecule has 20 heavy (non-hydrogen) atoms. The third-order valence-corrected chi connectivity index (χ3v) is 3.32. The molecule has 1 amide bonds. The first kappa shape index (κ1) is 14.5. The van der Waals surface area contributed by atoms with Crippen LogP contribution in [-0.4, -0.2) is 42.8 Å². The summed E-state index contributed by atoms with van der Waals surface area (Å²) >= 11 is 0. The number of aliphatic hydroxyl groups is 1. The van der Waals surface area contributed by atoms with E-state index in [1.165, 1.54) is 7.11 Å². The number of aryl methyl sites for hydroxylation is 1. The van der Waals surface area contributed by atoms with Crippen molar-refractivity contribution in [2.45, 2.75) is 25.5 Å². The van der Waals surface area contributed by atoms with Gasteiger partial charge in [-0.1, -0.05) is 0 Å². The Bertz CT molecular complexity index is 530. The molecule has 2 unspecified atom stereocenters. The molecule has 2 atom stereocenters. The van der Waals surface area contributed by atoms with Gasteiger partial charge in [0.05, 0.1) is 24.8 Å². The van der Waals surface area contributed by atoms with E-state index in [1.807, 2.05) is 0 Å². The molecule has 0 bridgehead atoms. The summed E-state index contributed by atoms with van der Waals surface area (Å²) < 4.78 is 4.67. The first-order valence-electron chi connectivity index (χ1n) is 6.42. The number of ether oxygens (including phenoxy) is 1. The van der Waals surface area contributed by atoms with Crippen LogP contribution < -0.4 is 10.6 Å². The summed E-state index contributed by atoms with van der Waals surface area (Å²) in [5.74, 6) is -0.590. The van der Waals surface area contributed by atoms with Gasteiger partial charge in [-0.3, -0.25) is 4.79 Å². The number of rotatable bonds is 3. The number of benzene rings is 1. The fraction of sp³-hybridized carbons (Fsp3) is 0.429. The molecule has 1 fully saturated rings. The lowest BCUT2D eigenvalue weighted by Gasteiger charge is -2.12. The summed E-state index contributed by atoms with van der Waals surface area (Å²) in [6.45, 7) is 2.21. The predicted molar refractivity (Wildman–Crippen MR) is 73.6 cm³/mol. The molecule has 0 aliphatic carbocycles. The average molecular weight is 278 g/mol. The van der Waals surface area contributed by atoms with Gasteiger partial charge in [0.15, 0.2) is 0 Å². The van der Waals surface area contributed by atoms with E-state index in [9.17, 15) is 14.7 Å². The molecule has 6 heteroatoms. The van der Waals surface area contributed by atoms with Gasteiger partial charge in [0.25, 0.3) is 0 Å². The van der Waals surface area contributed by atoms with Crippen molar-refractivity contribution in [3.05, 3.63) is 29.3 Å². The van der Waals surface area contributed by atoms with Gasteiger partial charge in [0.2, 0.25) is 5.91 Å². The molecule has 0 spiro atoms. The Labute approximate surface area is 117 Å². The number of nitrogens with one attached hydrogen (secondary N) is 2. The Kier molecular flexibility index (Phi) is 4.36. The number of esters is 1. The summed E-state index contributed by atoms with van der Waals surface area (Å²) in [6.07, 6.45) is -0.0698. The molecule has 1 heterocycles. The Hall–Kier alpha value is -1.92. The number of aliphatic hydroxyl groups excluding tert-OH is 1. The Morgan fingerprint density at radius 2 is 2.20 bits per heavy atom. The SMILES string of the molecule is COC(=O)c1ccc(NC(=O)C2CC(O)CN2)cc1C. The highest BCUT2D eigenvalue weighted by Gasteiger charge is 2.28. The van der Waals surface area contributed by atoms with Gasteiger partial charge < -0.3 is 20.5 Å². The van der Waals surface area contributed by atoms with Crippen LogP contribution in [0.3, 0.4) is 0 Å². The maximum absolute atomic E-state index is 12.0. The smallest absolute Gasteiger partial charge is 0.338 e. The van der Waals surface area contributed by atoms with Crippen molar-refractivity contribution in [2.24, 2.45) is 0 Å². The van der Waals surface area contributed by atoms with Gasteiger partial charge in [-0.2, -0.15) is 0 Å². The third kappa shape index (κ3) is 3.15. The maximum atomic E-state index is 12.0. The van der Waals surface area contributed by atoms with Crippen LogP contribution in [0.15, 0.2) is 18.2 Å². The number of carbonyl (C=O) groups excluding carboxylic acids is 2. The average Bonchev–Trinajstić information content (AvgIpc) is 2.85. The number of hydrogen-bond donors (Lipinski definition) is 3. The third-order valence-electron chi connectivity index (χ3n) is 3.32. The molecular formula is C14H18N2O4. The van der Waals surface area contributed by atoms with Crippen LogP contribution in [0.1, 0.15) is 22.3 Å². The topological polar surface area (TPSA) is 87.7 Å². The second-order valence-electron chi connectivity index (χ2n) is 4.86. The van der Waals surface area contributed by atoms with Crippen LogP contribution in [-0.2, 0) is 9.53 Å². The number of hydrogen-bond acceptors (Lipinski definition) is 5. The molecule has 1 aromatic rings. The zero-order chi connectivity index (χ0) is 14.7. The number of anilines is 1. The predicted octanol–water partition coefficient (Wildman–Crippen LogP) is 0.443. The molecule has 1 saturated heterocycles. The summed E-state index contributed by atoms with van der Waals surface area (Å²) in [5, 5.41) is 15.1. The fourth-order valence-corrected chi connectivity index (χ4v) is 2.23. The van der Waals surface area contributed by atoms with Crippen LogP contribution in [0.2, 0.25) is 0 Å². The van der Waals surface area contributed by atoms with E-state index in [2.05, 4.69) is 15.4 Å². The van der Waals surface area contributed by atoms with Crippen LogP contribution in [0.5, 0.6) is 0 Å². The quantitative estimate of drug-likeness (QED) is 0.698. The van der Waals surface area contributed by atoms with Gasteiger partial charge in [-0.15, -0.1) is 0 Å². The van der Waals surface area contributed by atoms with Gasteiger partial charge in [0, 0.05) is 12.2 Å². The zero-order valence-electron chi connectivity index (χ0n) is 11.5. The molecule has 6 nitrogen and oxygen atoms in total. The van der Waals surface area contributed by atoms with E-state index in [-0.39, 0.29) is 11.9 Å². The Morgan fingerprint density at radius 1 is 1.45 bits per heavy atom. The molecule has 1 aromatic carbocycles. The normalized spacial score (nSPS) is 21.6. The van der Waals surface area contributed by atoms with Crippen molar-refractivity contribution >= 4 is 17.6 Å². The van der Waals surface area contributed by atoms with E-state index in [0.717, 1.165) is 5.56 Å². The van der Waals surface area contributed by atoms with E-state index in [0.29, 0.717) is 24.2 Å². The van der Waals surface area contributed by atoms with Crippen LogP contribution >= 0.6 is 0 Å². The van der Waals surface area contributed by atoms with Crippen molar-refractivity contribution in [1.82, 2.24) is 5.32 Å². The molecule has 0 saturated carbocycles. The molecule has 1 aliphatic heterocycles. The van der Waals surface area contributed by atoms with E-state index in [1.54, 1.807) is 25.1 Å². The van der Waals surface area contributed by atoms with Crippen LogP contribution in [0, 0.1) is 6.92 Å². The largest absolute Gasteiger partial charge is 0.465 e. The van der Waals surface area contributed by atoms with Crippen molar-refractivity contribution < 1.29 is 19.4 Å². The summed E-state index contributed by atoms with van der Waals surface area (Å²) in [5.41, 5.74) is 1.82. The molecule has 3 N–H and O–H groups in total. The van der Waals surface area contributed by atoms with Gasteiger partial charge in [-0.05, 0) is 37.1 Å². The standard InChI is InChI=1S/C14H18N2O4/c1-8-5-9(3-4-11(8)14(19)20-2)16-13(18)12-6-10(17)7-15-12/h3-5,10,12,15,17H,6-7H2,1-2H3,(H,16,18). The number of methoxy groups -OCH3 is 1. The zero-order valence-corrected chi connectivity index (χ0v) is 11.5. The van der Waals surface area contributed by atoms with Gasteiger partial charge in [0.1, 0.15) is 0 Å². The van der Waals surface area contributed by atoms with Crippen molar-refractivity contribution in [3.8, 4) is 0 Å². The minimum atomic E-state index is -0.478. The minimum absolute atomic E-state index is 0.188. The highest BCUT2D eigenvalue weighted by Crippen LogP contribution is 2.17. The monoisotopic (exact) mass is 278 g/mol. The number of carbonyl (C=O) groups is 2. The Morgan fingerprint density at radius 3 is 2.75 bits per heavy atom. The molecule has 2 rings (SSSR count). The van der Waals surface area contributed by atoms with Crippen LogP contribution in [0.4, 0.5) is 5.69 Å². The fourth-order valence-electron chi connectivity index (χ4n) is 2.23. The van der Waals surface area contributed by atoms with Crippen molar-refractivity contribution in [1.29, 1.82) is 0 Å². The lowest BCUT2D eigenvalue weighted by atomic mass is 10.1. The first-order valence-corrected chi connectivity index (χ1v) is 6.42. The number of amides is 1. The second kappa shape index (κ2) is 6.02. The molecule has 1 aliphatic rings. The maximum Gasteiger partial charge on any atom is 0.338 e. The van der Waals surface area contributed by atoms with Crippen molar-refractivity contribution in [2.75, 3.05) is 19.0 Å². The van der Waals surface area contributed by atoms with Crippen LogP contribution in [0.25, 0.3) is 0 Å².